The van der Waals surface area contributed by atoms with Crippen LogP contribution >= 0.6 is 11.6 Å². The van der Waals surface area contributed by atoms with E-state index in [1.54, 1.807) is 0 Å². The Morgan fingerprint density at radius 1 is 1.08 bits per heavy atom. The number of nitrogens with zero attached hydrogens (tertiary/aromatic N) is 2. The van der Waals surface area contributed by atoms with Gasteiger partial charge in [-0.3, -0.25) is 4.90 Å². The largest absolute Gasteiger partial charge is 0.376 e. The lowest BCUT2D eigenvalue weighted by Gasteiger charge is -2.36. The number of hydrogen-bond acceptors (Lipinski definition) is 3. The van der Waals surface area contributed by atoms with Gasteiger partial charge in [0.1, 0.15) is 0 Å². The fraction of sp³-hybridized carbons (Fsp3) is 0.591. The average Bonchev–Trinajstić information content (AvgIpc) is 2.60. The molecule has 1 fully saturated rings. The zero-order valence-corrected chi connectivity index (χ0v) is 17.6. The van der Waals surface area contributed by atoms with E-state index in [1.165, 1.54) is 18.4 Å². The molecule has 0 saturated heterocycles. The van der Waals surface area contributed by atoms with Crippen molar-refractivity contribution >= 4 is 23.4 Å². The normalized spacial score (nSPS) is 19.7. The van der Waals surface area contributed by atoms with Crippen LogP contribution in [0.2, 0.25) is 5.02 Å². The first-order chi connectivity index (χ1) is 12.4. The molecule has 0 aliphatic heterocycles. The maximum Gasteiger partial charge on any atom is 0.181 e. The molecule has 0 spiro atoms. The highest BCUT2D eigenvalue weighted by atomic mass is 35.5. The lowest BCUT2D eigenvalue weighted by molar-refractivity contribution is -0.0887. The first-order valence-corrected chi connectivity index (χ1v) is 10.3. The van der Waals surface area contributed by atoms with Gasteiger partial charge in [0.05, 0.1) is 5.71 Å². The van der Waals surface area contributed by atoms with Gasteiger partial charge in [0, 0.05) is 17.1 Å². The van der Waals surface area contributed by atoms with Crippen molar-refractivity contribution in [1.29, 1.82) is 0 Å². The monoisotopic (exact) mass is 376 g/mol. The van der Waals surface area contributed by atoms with Crippen LogP contribution in [0.4, 0.5) is 0 Å². The van der Waals surface area contributed by atoms with Crippen LogP contribution in [0, 0.1) is 0 Å². The Kier molecular flexibility index (Phi) is 8.17. The summed E-state index contributed by atoms with van der Waals surface area (Å²) in [6, 6.07) is 8.82. The lowest BCUT2D eigenvalue weighted by Crippen LogP contribution is -2.45. The summed E-state index contributed by atoms with van der Waals surface area (Å²) in [4.78, 5) is 8.44. The summed E-state index contributed by atoms with van der Waals surface area (Å²) in [6.45, 7) is 11.0. The Morgan fingerprint density at radius 3 is 2.27 bits per heavy atom. The molecule has 0 aromatic heterocycles. The molecule has 1 aliphatic carbocycles. The van der Waals surface area contributed by atoms with Gasteiger partial charge in [-0.15, -0.1) is 0 Å². The van der Waals surface area contributed by atoms with E-state index in [1.807, 2.05) is 12.1 Å². The third kappa shape index (κ3) is 5.85. The fourth-order valence-corrected chi connectivity index (χ4v) is 3.78. The first kappa shape index (κ1) is 21.0. The lowest BCUT2D eigenvalue weighted by atomic mass is 9.91. The summed E-state index contributed by atoms with van der Waals surface area (Å²) in [5.41, 5.74) is 3.54. The molecule has 0 amide bonds. The molecule has 1 saturated carbocycles. The Balaban J connectivity index is 2.18. The van der Waals surface area contributed by atoms with E-state index in [0.717, 1.165) is 35.6 Å². The molecule has 1 aromatic rings. The fourth-order valence-electron chi connectivity index (χ4n) is 3.66. The maximum atomic E-state index is 6.05. The van der Waals surface area contributed by atoms with Crippen molar-refractivity contribution in [2.45, 2.75) is 85.0 Å². The smallest absolute Gasteiger partial charge is 0.181 e. The number of halogens is 1. The van der Waals surface area contributed by atoms with Crippen molar-refractivity contribution in [3.63, 3.8) is 0 Å². The van der Waals surface area contributed by atoms with Gasteiger partial charge in [0.25, 0.3) is 0 Å². The molecule has 1 aliphatic rings. The molecule has 1 aromatic carbocycles. The number of allylic oxidation sites excluding steroid dienone is 1. The van der Waals surface area contributed by atoms with Crippen LogP contribution in [0.3, 0.4) is 0 Å². The number of rotatable bonds is 7. The summed E-state index contributed by atoms with van der Waals surface area (Å²) in [5.74, 6) is 0. The quantitative estimate of drug-likeness (QED) is 0.399. The Labute approximate surface area is 164 Å². The number of benzene rings is 1. The third-order valence-electron chi connectivity index (χ3n) is 4.85. The van der Waals surface area contributed by atoms with E-state index in [-0.39, 0.29) is 6.23 Å². The van der Waals surface area contributed by atoms with Gasteiger partial charge < -0.3 is 4.84 Å². The van der Waals surface area contributed by atoms with E-state index < -0.39 is 0 Å². The SMILES string of the molecule is CCC(ON=C1CCCCC1=Cc1ccc(Cl)cc1)N(C(C)C)C(C)C. The summed E-state index contributed by atoms with van der Waals surface area (Å²) in [5, 5.41) is 5.38. The van der Waals surface area contributed by atoms with Gasteiger partial charge in [-0.2, -0.15) is 0 Å². The van der Waals surface area contributed by atoms with Crippen molar-refractivity contribution in [3.05, 3.63) is 40.4 Å². The molecule has 2 rings (SSSR count). The minimum absolute atomic E-state index is 0.0150. The van der Waals surface area contributed by atoms with E-state index in [0.29, 0.717) is 12.1 Å². The Bertz CT molecular complexity index is 612. The second-order valence-electron chi connectivity index (χ2n) is 7.57. The molecular weight excluding hydrogens is 344 g/mol. The zero-order valence-electron chi connectivity index (χ0n) is 16.8. The minimum Gasteiger partial charge on any atom is -0.376 e. The molecule has 1 atom stereocenters. The molecule has 0 radical (unpaired) electrons. The topological polar surface area (TPSA) is 24.8 Å². The van der Waals surface area contributed by atoms with Crippen molar-refractivity contribution in [1.82, 2.24) is 4.90 Å². The van der Waals surface area contributed by atoms with Gasteiger partial charge in [0.2, 0.25) is 0 Å². The van der Waals surface area contributed by atoms with Crippen LogP contribution in [-0.4, -0.2) is 28.9 Å². The maximum absolute atomic E-state index is 6.05. The van der Waals surface area contributed by atoms with Gasteiger partial charge in [0.15, 0.2) is 6.23 Å². The van der Waals surface area contributed by atoms with Crippen LogP contribution in [0.25, 0.3) is 6.08 Å². The van der Waals surface area contributed by atoms with E-state index in [9.17, 15) is 0 Å². The van der Waals surface area contributed by atoms with Crippen LogP contribution in [-0.2, 0) is 4.84 Å². The first-order valence-electron chi connectivity index (χ1n) is 9.89. The molecular formula is C22H33ClN2O. The predicted molar refractivity (Wildman–Crippen MR) is 113 cm³/mol. The third-order valence-corrected chi connectivity index (χ3v) is 5.10. The highest BCUT2D eigenvalue weighted by Gasteiger charge is 2.24. The van der Waals surface area contributed by atoms with Crippen molar-refractivity contribution < 1.29 is 4.84 Å². The second kappa shape index (κ2) is 10.1. The van der Waals surface area contributed by atoms with Gasteiger partial charge >= 0.3 is 0 Å². The van der Waals surface area contributed by atoms with Gasteiger partial charge in [-0.1, -0.05) is 35.8 Å². The molecule has 4 heteroatoms. The molecule has 0 heterocycles. The highest BCUT2D eigenvalue weighted by Crippen LogP contribution is 2.25. The summed E-state index contributed by atoms with van der Waals surface area (Å²) in [7, 11) is 0. The second-order valence-corrected chi connectivity index (χ2v) is 8.01. The van der Waals surface area contributed by atoms with E-state index in [2.05, 4.69) is 62.9 Å². The summed E-state index contributed by atoms with van der Waals surface area (Å²) < 4.78 is 0. The van der Waals surface area contributed by atoms with Crippen LogP contribution in [0.15, 0.2) is 35.0 Å². The zero-order chi connectivity index (χ0) is 19.1. The molecule has 1 unspecified atom stereocenters. The molecule has 3 nitrogen and oxygen atoms in total. The van der Waals surface area contributed by atoms with Gasteiger partial charge in [-0.25, -0.2) is 0 Å². The summed E-state index contributed by atoms with van der Waals surface area (Å²) >= 11 is 6.00. The predicted octanol–water partition coefficient (Wildman–Crippen LogP) is 6.52. The van der Waals surface area contributed by atoms with Crippen molar-refractivity contribution in [2.24, 2.45) is 5.16 Å². The number of oxime groups is 1. The molecule has 0 N–H and O–H groups in total. The van der Waals surface area contributed by atoms with Crippen molar-refractivity contribution in [2.75, 3.05) is 0 Å². The summed E-state index contributed by atoms with van der Waals surface area (Å²) in [6.07, 6.45) is 7.58. The van der Waals surface area contributed by atoms with E-state index in [4.69, 9.17) is 16.4 Å². The minimum atomic E-state index is 0.0150. The number of hydrogen-bond donors (Lipinski definition) is 0. The molecule has 0 bridgehead atoms. The Hall–Kier alpha value is -1.32. The van der Waals surface area contributed by atoms with Crippen molar-refractivity contribution in [3.8, 4) is 0 Å². The molecule has 144 valence electrons. The Morgan fingerprint density at radius 2 is 1.69 bits per heavy atom. The van der Waals surface area contributed by atoms with E-state index >= 15 is 0 Å². The highest BCUT2D eigenvalue weighted by molar-refractivity contribution is 6.30. The average molecular weight is 377 g/mol. The van der Waals surface area contributed by atoms with Gasteiger partial charge in [-0.05, 0) is 89.1 Å². The standard InChI is InChI=1S/C22H33ClN2O/c1-6-22(25(16(2)3)17(4)5)26-24-21-10-8-7-9-19(21)15-18-11-13-20(23)14-12-18/h11-17,22H,6-10H2,1-5H3. The van der Waals surface area contributed by atoms with Crippen LogP contribution in [0.5, 0.6) is 0 Å². The van der Waals surface area contributed by atoms with Crippen LogP contribution in [0.1, 0.15) is 72.3 Å². The van der Waals surface area contributed by atoms with Crippen LogP contribution < -0.4 is 0 Å². The molecule has 26 heavy (non-hydrogen) atoms.